The average molecular weight is 200 g/mol. The van der Waals surface area contributed by atoms with Gasteiger partial charge in [-0.1, -0.05) is 21.3 Å². The fraction of sp³-hybridized carbons (Fsp3) is 1.00. The van der Waals surface area contributed by atoms with Crippen LogP contribution >= 0.6 is 0 Å². The lowest BCUT2D eigenvalue weighted by Gasteiger charge is -2.50. The SMILES string of the molecule is C.CC.CN1CCC2(CC1)CC(N)C2. The lowest BCUT2D eigenvalue weighted by molar-refractivity contribution is 0.0264. The molecule has 0 aromatic heterocycles. The molecule has 14 heavy (non-hydrogen) atoms. The van der Waals surface area contributed by atoms with E-state index in [0.717, 1.165) is 0 Å². The molecule has 0 radical (unpaired) electrons. The molecule has 2 aliphatic rings. The van der Waals surface area contributed by atoms with E-state index in [1.165, 1.54) is 38.8 Å². The molecule has 1 saturated heterocycles. The molecular formula is C12H28N2. The van der Waals surface area contributed by atoms with Crippen LogP contribution in [0.3, 0.4) is 0 Å². The van der Waals surface area contributed by atoms with Crippen molar-refractivity contribution in [2.45, 2.75) is 53.0 Å². The zero-order valence-corrected chi connectivity index (χ0v) is 9.34. The first-order valence-corrected chi connectivity index (χ1v) is 5.64. The fourth-order valence-electron chi connectivity index (χ4n) is 2.55. The van der Waals surface area contributed by atoms with Gasteiger partial charge in [-0.3, -0.25) is 0 Å². The Morgan fingerprint density at radius 2 is 1.57 bits per heavy atom. The predicted molar refractivity (Wildman–Crippen MR) is 64.5 cm³/mol. The largest absolute Gasteiger partial charge is 0.328 e. The van der Waals surface area contributed by atoms with Crippen molar-refractivity contribution in [3.8, 4) is 0 Å². The molecule has 1 heterocycles. The number of hydrogen-bond donors (Lipinski definition) is 1. The van der Waals surface area contributed by atoms with Crippen molar-refractivity contribution in [1.82, 2.24) is 4.90 Å². The van der Waals surface area contributed by atoms with Gasteiger partial charge in [0.1, 0.15) is 0 Å². The highest BCUT2D eigenvalue weighted by atomic mass is 15.1. The molecule has 0 atom stereocenters. The number of likely N-dealkylation sites (tertiary alicyclic amines) is 1. The van der Waals surface area contributed by atoms with Gasteiger partial charge in [0.05, 0.1) is 0 Å². The van der Waals surface area contributed by atoms with Gasteiger partial charge >= 0.3 is 0 Å². The molecule has 1 saturated carbocycles. The van der Waals surface area contributed by atoms with Crippen LogP contribution in [0, 0.1) is 5.41 Å². The third kappa shape index (κ3) is 2.96. The lowest BCUT2D eigenvalue weighted by atomic mass is 9.61. The summed E-state index contributed by atoms with van der Waals surface area (Å²) in [5, 5.41) is 0. The van der Waals surface area contributed by atoms with Gasteiger partial charge in [-0.25, -0.2) is 0 Å². The van der Waals surface area contributed by atoms with Crippen molar-refractivity contribution in [2.75, 3.05) is 20.1 Å². The topological polar surface area (TPSA) is 29.3 Å². The number of nitrogens with two attached hydrogens (primary N) is 1. The van der Waals surface area contributed by atoms with Crippen molar-refractivity contribution in [1.29, 1.82) is 0 Å². The van der Waals surface area contributed by atoms with Gasteiger partial charge in [0.15, 0.2) is 0 Å². The predicted octanol–water partition coefficient (Wildman–Crippen LogP) is 2.48. The molecular weight excluding hydrogens is 172 g/mol. The van der Waals surface area contributed by atoms with Crippen molar-refractivity contribution in [3.05, 3.63) is 0 Å². The minimum Gasteiger partial charge on any atom is -0.328 e. The Morgan fingerprint density at radius 3 is 1.93 bits per heavy atom. The van der Waals surface area contributed by atoms with Crippen LogP contribution in [0.4, 0.5) is 0 Å². The molecule has 2 N–H and O–H groups in total. The standard InChI is InChI=1S/C9H18N2.C2H6.CH4/c1-11-4-2-9(3-5-11)6-8(10)7-9;1-2;/h8H,2-7,10H2,1H3;1-2H3;1H4. The van der Waals surface area contributed by atoms with Crippen LogP contribution in [0.15, 0.2) is 0 Å². The van der Waals surface area contributed by atoms with Crippen LogP contribution in [0.2, 0.25) is 0 Å². The molecule has 0 aromatic carbocycles. The van der Waals surface area contributed by atoms with Gasteiger partial charge in [-0.2, -0.15) is 0 Å². The molecule has 0 bridgehead atoms. The molecule has 1 aliphatic carbocycles. The summed E-state index contributed by atoms with van der Waals surface area (Å²) in [6.07, 6.45) is 5.36. The van der Waals surface area contributed by atoms with Crippen LogP contribution in [-0.2, 0) is 0 Å². The minimum absolute atomic E-state index is 0. The lowest BCUT2D eigenvalue weighted by Crippen LogP contribution is -2.51. The summed E-state index contributed by atoms with van der Waals surface area (Å²) in [6.45, 7) is 6.57. The highest BCUT2D eigenvalue weighted by molar-refractivity contribution is 4.98. The van der Waals surface area contributed by atoms with E-state index in [9.17, 15) is 0 Å². The molecule has 0 unspecified atom stereocenters. The summed E-state index contributed by atoms with van der Waals surface area (Å²) in [6, 6.07) is 0.526. The second-order valence-electron chi connectivity index (χ2n) is 4.47. The summed E-state index contributed by atoms with van der Waals surface area (Å²) in [4.78, 5) is 2.43. The van der Waals surface area contributed by atoms with Crippen molar-refractivity contribution in [2.24, 2.45) is 11.1 Å². The average Bonchev–Trinajstić information content (AvgIpc) is 2.11. The second kappa shape index (κ2) is 5.72. The molecule has 86 valence electrons. The normalized spacial score (nSPS) is 25.7. The van der Waals surface area contributed by atoms with Crippen molar-refractivity contribution >= 4 is 0 Å². The second-order valence-corrected chi connectivity index (χ2v) is 4.47. The Labute approximate surface area is 89.9 Å². The van der Waals surface area contributed by atoms with Gasteiger partial charge < -0.3 is 10.6 Å². The zero-order chi connectivity index (χ0) is 9.90. The highest BCUT2D eigenvalue weighted by Crippen LogP contribution is 2.47. The fourth-order valence-corrected chi connectivity index (χ4v) is 2.55. The Bertz CT molecular complexity index is 140. The smallest absolute Gasteiger partial charge is 0.00494 e. The third-order valence-corrected chi connectivity index (χ3v) is 3.44. The molecule has 1 spiro atoms. The van der Waals surface area contributed by atoms with E-state index in [-0.39, 0.29) is 7.43 Å². The van der Waals surface area contributed by atoms with E-state index in [4.69, 9.17) is 5.73 Å². The number of piperidine rings is 1. The first kappa shape index (κ1) is 13.9. The number of hydrogen-bond acceptors (Lipinski definition) is 2. The van der Waals surface area contributed by atoms with Gasteiger partial charge in [0, 0.05) is 6.04 Å². The first-order valence-electron chi connectivity index (χ1n) is 5.64. The maximum Gasteiger partial charge on any atom is 0.00494 e. The molecule has 0 amide bonds. The zero-order valence-electron chi connectivity index (χ0n) is 9.34. The van der Waals surface area contributed by atoms with Crippen LogP contribution in [0.1, 0.15) is 47.0 Å². The number of rotatable bonds is 0. The minimum atomic E-state index is 0. The first-order chi connectivity index (χ1) is 6.20. The highest BCUT2D eigenvalue weighted by Gasteiger charge is 2.43. The quantitative estimate of drug-likeness (QED) is 0.651. The number of nitrogens with zero attached hydrogens (tertiary/aromatic N) is 1. The van der Waals surface area contributed by atoms with Crippen molar-refractivity contribution < 1.29 is 0 Å². The van der Waals surface area contributed by atoms with E-state index in [0.29, 0.717) is 11.5 Å². The summed E-state index contributed by atoms with van der Waals surface area (Å²) < 4.78 is 0. The van der Waals surface area contributed by atoms with Crippen molar-refractivity contribution in [3.63, 3.8) is 0 Å². The summed E-state index contributed by atoms with van der Waals surface area (Å²) in [5.74, 6) is 0. The van der Waals surface area contributed by atoms with Gasteiger partial charge in [0.25, 0.3) is 0 Å². The third-order valence-electron chi connectivity index (χ3n) is 3.44. The summed E-state index contributed by atoms with van der Waals surface area (Å²) in [5.41, 5.74) is 6.49. The Balaban J connectivity index is 0.000000531. The van der Waals surface area contributed by atoms with E-state index in [1.54, 1.807) is 0 Å². The van der Waals surface area contributed by atoms with Gasteiger partial charge in [0.2, 0.25) is 0 Å². The molecule has 2 rings (SSSR count). The molecule has 0 aromatic rings. The monoisotopic (exact) mass is 200 g/mol. The van der Waals surface area contributed by atoms with Gasteiger partial charge in [-0.15, -0.1) is 0 Å². The Hall–Kier alpha value is -0.0800. The Kier molecular flexibility index (Phi) is 5.68. The van der Waals surface area contributed by atoms with E-state index >= 15 is 0 Å². The van der Waals surface area contributed by atoms with Gasteiger partial charge in [-0.05, 0) is 51.2 Å². The molecule has 2 fully saturated rings. The molecule has 1 aliphatic heterocycles. The maximum atomic E-state index is 5.81. The van der Waals surface area contributed by atoms with Crippen LogP contribution in [0.5, 0.6) is 0 Å². The maximum absolute atomic E-state index is 5.81. The molecule has 2 heteroatoms. The van der Waals surface area contributed by atoms with E-state index in [2.05, 4.69) is 11.9 Å². The molecule has 2 nitrogen and oxygen atoms in total. The van der Waals surface area contributed by atoms with Crippen LogP contribution in [0.25, 0.3) is 0 Å². The van der Waals surface area contributed by atoms with Crippen LogP contribution in [-0.4, -0.2) is 31.1 Å². The van der Waals surface area contributed by atoms with Crippen LogP contribution < -0.4 is 5.73 Å². The summed E-state index contributed by atoms with van der Waals surface area (Å²) in [7, 11) is 2.21. The van der Waals surface area contributed by atoms with E-state index < -0.39 is 0 Å². The van der Waals surface area contributed by atoms with E-state index in [1.807, 2.05) is 13.8 Å². The summed E-state index contributed by atoms with van der Waals surface area (Å²) >= 11 is 0. The Morgan fingerprint density at radius 1 is 1.14 bits per heavy atom.